The Bertz CT molecular complexity index is 570. The molecule has 0 amide bonds. The van der Waals surface area contributed by atoms with Crippen molar-refractivity contribution in [3.05, 3.63) is 23.8 Å². The first kappa shape index (κ1) is 26.6. The molecule has 0 aromatic heterocycles. The Morgan fingerprint density at radius 2 is 1.84 bits per heavy atom. The maximum absolute atomic E-state index is 10.6. The molecule has 180 valence electrons. The number of nitrogens with zero attached hydrogens (tertiary/aromatic N) is 1. The molecule has 31 heavy (non-hydrogen) atoms. The quantitative estimate of drug-likeness (QED) is 0.243. The average Bonchev–Trinajstić information content (AvgIpc) is 3.19. The summed E-state index contributed by atoms with van der Waals surface area (Å²) in [7, 11) is 0. The summed E-state index contributed by atoms with van der Waals surface area (Å²) in [6, 6.07) is 1.26. The van der Waals surface area contributed by atoms with Gasteiger partial charge in [-0.1, -0.05) is 50.0 Å². The fraction of sp³-hybridized carbons (Fsp3) is 0.857. The second kappa shape index (κ2) is 12.6. The Morgan fingerprint density at radius 1 is 1.13 bits per heavy atom. The molecule has 2 rings (SSSR count). The van der Waals surface area contributed by atoms with Gasteiger partial charge in [-0.25, -0.2) is 0 Å². The van der Waals surface area contributed by atoms with Gasteiger partial charge in [-0.15, -0.1) is 0 Å². The van der Waals surface area contributed by atoms with Gasteiger partial charge in [0.05, 0.1) is 11.7 Å². The van der Waals surface area contributed by atoms with Gasteiger partial charge in [0.15, 0.2) is 0 Å². The molecule has 0 saturated heterocycles. The third-order valence-electron chi connectivity index (χ3n) is 7.68. The molecule has 2 aliphatic rings. The van der Waals surface area contributed by atoms with Crippen LogP contribution in [-0.2, 0) is 0 Å². The van der Waals surface area contributed by atoms with Crippen LogP contribution in [0.3, 0.4) is 0 Å². The van der Waals surface area contributed by atoms with Gasteiger partial charge in [0.1, 0.15) is 0 Å². The predicted molar refractivity (Wildman–Crippen MR) is 133 cm³/mol. The molecule has 1 saturated carbocycles. The molecule has 0 aromatic carbocycles. The average molecular weight is 434 g/mol. The maximum Gasteiger partial charge on any atom is 0.0654 e. The minimum absolute atomic E-state index is 0.220. The van der Waals surface area contributed by atoms with Crippen molar-refractivity contribution in [3.8, 4) is 0 Å². The van der Waals surface area contributed by atoms with E-state index in [0.717, 1.165) is 32.1 Å². The molecule has 3 nitrogen and oxygen atoms in total. The molecule has 5 atom stereocenters. The molecule has 0 bridgehead atoms. The lowest BCUT2D eigenvalue weighted by atomic mass is 9.87. The highest BCUT2D eigenvalue weighted by Gasteiger charge is 2.43. The zero-order valence-corrected chi connectivity index (χ0v) is 21.3. The van der Waals surface area contributed by atoms with Crippen molar-refractivity contribution in [3.63, 3.8) is 0 Å². The molecule has 0 aromatic rings. The SMILES string of the molecule is CCCC[C@@](C)(O)CC=C[C@@H]1[C@H]2CC(CCCCCN(C(C)C)C(C)C)=C[C@H]2C[C@H]1O. The maximum atomic E-state index is 10.6. The largest absolute Gasteiger partial charge is 0.392 e. The third-order valence-corrected chi connectivity index (χ3v) is 7.68. The fourth-order valence-corrected chi connectivity index (χ4v) is 5.87. The molecule has 2 N–H and O–H groups in total. The van der Waals surface area contributed by atoms with Crippen LogP contribution in [-0.4, -0.2) is 45.4 Å². The molecule has 0 heterocycles. The standard InChI is InChI=1S/C28H51NO2/c1-7-8-15-28(6,31)16-12-14-25-26-19-23(18-24(26)20-27(25)30)13-10-9-11-17-29(21(2)3)22(4)5/h12,14,18,21-22,24-27,30-31H,7-11,13,15-17,19-20H2,1-6H3/t24-,25+,26-,27+,28+/m0/s1. The van der Waals surface area contributed by atoms with Gasteiger partial charge in [0.2, 0.25) is 0 Å². The van der Waals surface area contributed by atoms with E-state index >= 15 is 0 Å². The van der Waals surface area contributed by atoms with E-state index < -0.39 is 5.60 Å². The van der Waals surface area contributed by atoms with Crippen LogP contribution in [0.1, 0.15) is 106 Å². The summed E-state index contributed by atoms with van der Waals surface area (Å²) in [5, 5.41) is 21.1. The molecular weight excluding hydrogens is 382 g/mol. The van der Waals surface area contributed by atoms with Crippen LogP contribution in [0.15, 0.2) is 23.8 Å². The van der Waals surface area contributed by atoms with Crippen LogP contribution in [0.4, 0.5) is 0 Å². The highest BCUT2D eigenvalue weighted by molar-refractivity contribution is 5.20. The summed E-state index contributed by atoms with van der Waals surface area (Å²) in [6.45, 7) is 14.5. The van der Waals surface area contributed by atoms with Crippen LogP contribution in [0.2, 0.25) is 0 Å². The molecule has 0 spiro atoms. The Hall–Kier alpha value is -0.640. The minimum atomic E-state index is -0.616. The summed E-state index contributed by atoms with van der Waals surface area (Å²) < 4.78 is 0. The Kier molecular flexibility index (Phi) is 10.8. The van der Waals surface area contributed by atoms with E-state index in [4.69, 9.17) is 0 Å². The third kappa shape index (κ3) is 8.33. The van der Waals surface area contributed by atoms with Crippen LogP contribution in [0.25, 0.3) is 0 Å². The number of hydrogen-bond acceptors (Lipinski definition) is 3. The Labute approximate surface area is 193 Å². The fourth-order valence-electron chi connectivity index (χ4n) is 5.87. The summed E-state index contributed by atoms with van der Waals surface area (Å²) in [5.74, 6) is 1.38. The van der Waals surface area contributed by atoms with Crippen LogP contribution in [0.5, 0.6) is 0 Å². The molecule has 0 aliphatic heterocycles. The number of unbranched alkanes of at least 4 members (excludes halogenated alkanes) is 3. The first-order valence-corrected chi connectivity index (χ1v) is 13.2. The van der Waals surface area contributed by atoms with E-state index in [1.165, 1.54) is 32.2 Å². The number of rotatable bonds is 14. The van der Waals surface area contributed by atoms with Crippen LogP contribution in [0, 0.1) is 17.8 Å². The number of hydrogen-bond donors (Lipinski definition) is 2. The summed E-state index contributed by atoms with van der Waals surface area (Å²) in [5.41, 5.74) is 1.01. The van der Waals surface area contributed by atoms with Gasteiger partial charge in [-0.3, -0.25) is 4.90 Å². The van der Waals surface area contributed by atoms with Crippen molar-refractivity contribution in [1.82, 2.24) is 4.90 Å². The first-order chi connectivity index (χ1) is 14.6. The molecule has 3 heteroatoms. The summed E-state index contributed by atoms with van der Waals surface area (Å²) in [6.07, 6.45) is 17.6. The Balaban J connectivity index is 1.74. The lowest BCUT2D eigenvalue weighted by Crippen LogP contribution is -2.37. The van der Waals surface area contributed by atoms with Crippen molar-refractivity contribution in [2.24, 2.45) is 17.8 Å². The summed E-state index contributed by atoms with van der Waals surface area (Å²) >= 11 is 0. The van der Waals surface area contributed by atoms with E-state index in [0.29, 0.717) is 30.3 Å². The monoisotopic (exact) mass is 433 g/mol. The molecule has 1 fully saturated rings. The van der Waals surface area contributed by atoms with Crippen molar-refractivity contribution in [2.45, 2.75) is 130 Å². The normalized spacial score (nSPS) is 28.2. The summed E-state index contributed by atoms with van der Waals surface area (Å²) in [4.78, 5) is 2.59. The van der Waals surface area contributed by atoms with E-state index in [1.54, 1.807) is 5.57 Å². The van der Waals surface area contributed by atoms with Gasteiger partial charge in [0, 0.05) is 18.0 Å². The molecule has 0 radical (unpaired) electrons. The van der Waals surface area contributed by atoms with Gasteiger partial charge >= 0.3 is 0 Å². The van der Waals surface area contributed by atoms with Crippen LogP contribution >= 0.6 is 0 Å². The van der Waals surface area contributed by atoms with E-state index in [1.807, 2.05) is 6.92 Å². The van der Waals surface area contributed by atoms with Gasteiger partial charge in [-0.2, -0.15) is 0 Å². The van der Waals surface area contributed by atoms with E-state index in [9.17, 15) is 10.2 Å². The van der Waals surface area contributed by atoms with Gasteiger partial charge in [-0.05, 0) is 97.9 Å². The van der Waals surface area contributed by atoms with Crippen LogP contribution < -0.4 is 0 Å². The van der Waals surface area contributed by atoms with Gasteiger partial charge < -0.3 is 10.2 Å². The Morgan fingerprint density at radius 3 is 2.48 bits per heavy atom. The number of allylic oxidation sites excluding steroid dienone is 2. The first-order valence-electron chi connectivity index (χ1n) is 13.2. The number of fused-ring (bicyclic) bond motifs is 1. The molecular formula is C28H51NO2. The van der Waals surface area contributed by atoms with Crippen molar-refractivity contribution >= 4 is 0 Å². The molecule has 2 aliphatic carbocycles. The van der Waals surface area contributed by atoms with Crippen molar-refractivity contribution < 1.29 is 10.2 Å². The molecule has 0 unspecified atom stereocenters. The zero-order valence-electron chi connectivity index (χ0n) is 21.3. The topological polar surface area (TPSA) is 43.7 Å². The second-order valence-electron chi connectivity index (χ2n) is 11.2. The second-order valence-corrected chi connectivity index (χ2v) is 11.2. The zero-order chi connectivity index (χ0) is 23.0. The van der Waals surface area contributed by atoms with E-state index in [-0.39, 0.29) is 12.0 Å². The predicted octanol–water partition coefficient (Wildman–Crippen LogP) is 6.50. The minimum Gasteiger partial charge on any atom is -0.392 e. The van der Waals surface area contributed by atoms with Crippen molar-refractivity contribution in [1.29, 1.82) is 0 Å². The van der Waals surface area contributed by atoms with Crippen molar-refractivity contribution in [2.75, 3.05) is 6.54 Å². The highest BCUT2D eigenvalue weighted by atomic mass is 16.3. The van der Waals surface area contributed by atoms with E-state index in [2.05, 4.69) is 57.7 Å². The lowest BCUT2D eigenvalue weighted by molar-refractivity contribution is 0.0513. The van der Waals surface area contributed by atoms with Gasteiger partial charge in [0.25, 0.3) is 0 Å². The number of aliphatic hydroxyl groups is 2. The highest BCUT2D eigenvalue weighted by Crippen LogP contribution is 2.48. The smallest absolute Gasteiger partial charge is 0.0654 e. The number of aliphatic hydroxyl groups excluding tert-OH is 1. The lowest BCUT2D eigenvalue weighted by Gasteiger charge is -2.30.